The molecule has 1 aliphatic rings. The van der Waals surface area contributed by atoms with E-state index in [0.717, 1.165) is 16.9 Å². The summed E-state index contributed by atoms with van der Waals surface area (Å²) in [6.45, 7) is 0. The first kappa shape index (κ1) is 21.5. The van der Waals surface area contributed by atoms with Gasteiger partial charge in [0.15, 0.2) is 0 Å². The second-order valence-corrected chi connectivity index (χ2v) is 10.8. The van der Waals surface area contributed by atoms with Crippen molar-refractivity contribution in [1.82, 2.24) is 4.90 Å². The molecular formula is C23H23NO5S2. The molecule has 1 fully saturated rings. The fourth-order valence-corrected chi connectivity index (χ4v) is 6.89. The number of carbonyl (C=O) groups excluding carboxylic acids is 1. The summed E-state index contributed by atoms with van der Waals surface area (Å²) in [7, 11) is -0.427. The Balaban J connectivity index is 1.68. The number of hydrogen-bond acceptors (Lipinski definition) is 6. The first-order valence-electron chi connectivity index (χ1n) is 9.81. The third-order valence-corrected chi connectivity index (χ3v) is 9.14. The number of amides is 1. The van der Waals surface area contributed by atoms with Crippen molar-refractivity contribution in [2.24, 2.45) is 0 Å². The molecule has 0 aliphatic carbocycles. The summed E-state index contributed by atoms with van der Waals surface area (Å²) in [6, 6.07) is 18.3. The fraction of sp³-hybridized carbons (Fsp3) is 0.261. The van der Waals surface area contributed by atoms with Crippen molar-refractivity contribution in [3.05, 3.63) is 77.2 Å². The maximum atomic E-state index is 12.9. The van der Waals surface area contributed by atoms with E-state index in [1.165, 1.54) is 6.07 Å². The van der Waals surface area contributed by atoms with Crippen LogP contribution in [0.5, 0.6) is 5.75 Å². The summed E-state index contributed by atoms with van der Waals surface area (Å²) in [4.78, 5) is 14.8. The van der Waals surface area contributed by atoms with Gasteiger partial charge in [0.25, 0.3) is 0 Å². The largest absolute Gasteiger partial charge is 0.496 e. The number of methoxy groups -OCH3 is 1. The summed E-state index contributed by atoms with van der Waals surface area (Å²) < 4.78 is 31.5. The topological polar surface area (TPSA) is 83.9 Å². The SMILES string of the molecule is COc1ccccc1[C@H]1CC(=O)N(C)[C@H]1C(O)c1ccc(S(=O)(=O)c2ccccc2)s1. The molecule has 4 rings (SSSR count). The lowest BCUT2D eigenvalue weighted by Gasteiger charge is -2.30. The predicted molar refractivity (Wildman–Crippen MR) is 118 cm³/mol. The second kappa shape index (κ2) is 8.45. The zero-order valence-corrected chi connectivity index (χ0v) is 18.8. The third-order valence-electron chi connectivity index (χ3n) is 5.72. The van der Waals surface area contributed by atoms with E-state index in [2.05, 4.69) is 0 Å². The van der Waals surface area contributed by atoms with Crippen molar-refractivity contribution in [3.8, 4) is 5.75 Å². The smallest absolute Gasteiger partial charge is 0.223 e. The molecule has 6 nitrogen and oxygen atoms in total. The van der Waals surface area contributed by atoms with Gasteiger partial charge >= 0.3 is 0 Å². The molecule has 0 radical (unpaired) electrons. The van der Waals surface area contributed by atoms with E-state index >= 15 is 0 Å². The minimum atomic E-state index is -3.67. The van der Waals surface area contributed by atoms with E-state index in [1.54, 1.807) is 55.5 Å². The van der Waals surface area contributed by atoms with Crippen molar-refractivity contribution >= 4 is 27.1 Å². The molecule has 0 saturated carbocycles. The fourth-order valence-electron chi connectivity index (χ4n) is 4.11. The minimum absolute atomic E-state index is 0.0753. The lowest BCUT2D eigenvalue weighted by Crippen LogP contribution is -2.36. The number of likely N-dealkylation sites (N-methyl/N-ethyl adjacent to an activating group) is 1. The highest BCUT2D eigenvalue weighted by molar-refractivity contribution is 7.93. The number of aliphatic hydroxyl groups excluding tert-OH is 1. The molecule has 2 heterocycles. The van der Waals surface area contributed by atoms with Gasteiger partial charge < -0.3 is 14.7 Å². The van der Waals surface area contributed by atoms with Crippen LogP contribution in [0, 0.1) is 0 Å². The van der Waals surface area contributed by atoms with Gasteiger partial charge in [-0.05, 0) is 35.9 Å². The quantitative estimate of drug-likeness (QED) is 0.611. The highest BCUT2D eigenvalue weighted by Crippen LogP contribution is 2.44. The molecular weight excluding hydrogens is 434 g/mol. The number of carbonyl (C=O) groups is 1. The van der Waals surface area contributed by atoms with Gasteiger partial charge in [0, 0.05) is 24.3 Å². The van der Waals surface area contributed by atoms with Crippen molar-refractivity contribution < 1.29 is 23.1 Å². The maximum absolute atomic E-state index is 12.9. The monoisotopic (exact) mass is 457 g/mol. The molecule has 1 unspecified atom stereocenters. The summed E-state index contributed by atoms with van der Waals surface area (Å²) in [6.07, 6.45) is -0.782. The molecule has 0 spiro atoms. The van der Waals surface area contributed by atoms with Crippen molar-refractivity contribution in [1.29, 1.82) is 0 Å². The molecule has 1 N–H and O–H groups in total. The number of sulfone groups is 1. The van der Waals surface area contributed by atoms with Crippen LogP contribution in [0.4, 0.5) is 0 Å². The predicted octanol–water partition coefficient (Wildman–Crippen LogP) is 3.64. The second-order valence-electron chi connectivity index (χ2n) is 7.47. The Morgan fingerprint density at radius 1 is 1.06 bits per heavy atom. The van der Waals surface area contributed by atoms with Crippen LogP contribution in [-0.2, 0) is 14.6 Å². The van der Waals surface area contributed by atoms with Crippen LogP contribution in [0.15, 0.2) is 75.8 Å². The summed E-state index contributed by atoms with van der Waals surface area (Å²) in [5.74, 6) is 0.305. The van der Waals surface area contributed by atoms with Gasteiger partial charge in [0.2, 0.25) is 15.7 Å². The van der Waals surface area contributed by atoms with E-state index in [4.69, 9.17) is 4.74 Å². The highest BCUT2D eigenvalue weighted by Gasteiger charge is 2.44. The van der Waals surface area contributed by atoms with Crippen LogP contribution >= 0.6 is 11.3 Å². The number of aliphatic hydroxyl groups is 1. The average Bonchev–Trinajstić information content (AvgIpc) is 3.40. The lowest BCUT2D eigenvalue weighted by molar-refractivity contribution is -0.128. The van der Waals surface area contributed by atoms with Gasteiger partial charge in [0.05, 0.1) is 18.0 Å². The number of benzene rings is 2. The van der Waals surface area contributed by atoms with Crippen LogP contribution in [0.1, 0.15) is 28.9 Å². The number of likely N-dealkylation sites (tertiary alicyclic amines) is 1. The molecule has 162 valence electrons. The number of hydrogen-bond donors (Lipinski definition) is 1. The van der Waals surface area contributed by atoms with Crippen LogP contribution in [0.3, 0.4) is 0 Å². The first-order chi connectivity index (χ1) is 14.8. The molecule has 1 aliphatic heterocycles. The molecule has 2 aromatic carbocycles. The summed E-state index contributed by atoms with van der Waals surface area (Å²) in [5.41, 5.74) is 0.848. The number of thiophene rings is 1. The van der Waals surface area contributed by atoms with Crippen molar-refractivity contribution in [3.63, 3.8) is 0 Å². The van der Waals surface area contributed by atoms with Gasteiger partial charge in [-0.3, -0.25) is 4.79 Å². The summed E-state index contributed by atoms with van der Waals surface area (Å²) >= 11 is 1.03. The molecule has 1 aromatic heterocycles. The van der Waals surface area contributed by atoms with E-state index in [-0.39, 0.29) is 27.4 Å². The highest BCUT2D eigenvalue weighted by atomic mass is 32.2. The Hall–Kier alpha value is -2.68. The van der Waals surface area contributed by atoms with Gasteiger partial charge in [-0.2, -0.15) is 0 Å². The zero-order valence-electron chi connectivity index (χ0n) is 17.1. The maximum Gasteiger partial charge on any atom is 0.223 e. The number of para-hydroxylation sites is 1. The standard InChI is InChI=1S/C23H23NO5S2/c1-24-20(25)14-17(16-10-6-7-11-18(16)29-2)22(24)23(26)19-12-13-21(30-19)31(27,28)15-8-4-3-5-9-15/h3-13,17,22-23,26H,14H2,1-2H3/t17-,22-,23?/m1/s1. The number of ether oxygens (including phenoxy) is 1. The average molecular weight is 458 g/mol. The van der Waals surface area contributed by atoms with Gasteiger partial charge in [-0.1, -0.05) is 36.4 Å². The van der Waals surface area contributed by atoms with E-state index in [0.29, 0.717) is 10.6 Å². The van der Waals surface area contributed by atoms with E-state index in [1.807, 2.05) is 24.3 Å². The molecule has 0 bridgehead atoms. The van der Waals surface area contributed by atoms with Crippen molar-refractivity contribution in [2.45, 2.75) is 33.6 Å². The lowest BCUT2D eigenvalue weighted by atomic mass is 9.87. The van der Waals surface area contributed by atoms with Crippen LogP contribution in [0.25, 0.3) is 0 Å². The Labute approximate surface area is 185 Å². The molecule has 1 amide bonds. The third kappa shape index (κ3) is 3.86. The Bertz CT molecular complexity index is 1190. The zero-order chi connectivity index (χ0) is 22.2. The molecule has 1 saturated heterocycles. The van der Waals surface area contributed by atoms with Gasteiger partial charge in [-0.25, -0.2) is 8.42 Å². The van der Waals surface area contributed by atoms with E-state index < -0.39 is 22.0 Å². The van der Waals surface area contributed by atoms with Crippen molar-refractivity contribution in [2.75, 3.05) is 14.2 Å². The van der Waals surface area contributed by atoms with Gasteiger partial charge in [0.1, 0.15) is 16.1 Å². The Morgan fingerprint density at radius 2 is 1.74 bits per heavy atom. The summed E-state index contributed by atoms with van der Waals surface area (Å²) in [5, 5.41) is 11.2. The molecule has 31 heavy (non-hydrogen) atoms. The number of nitrogens with zero attached hydrogens (tertiary/aromatic N) is 1. The molecule has 3 aromatic rings. The van der Waals surface area contributed by atoms with Crippen LogP contribution < -0.4 is 4.74 Å². The molecule has 8 heteroatoms. The normalized spacial score (nSPS) is 20.1. The minimum Gasteiger partial charge on any atom is -0.496 e. The Kier molecular flexibility index (Phi) is 5.88. The van der Waals surface area contributed by atoms with Gasteiger partial charge in [-0.15, -0.1) is 11.3 Å². The van der Waals surface area contributed by atoms with Crippen LogP contribution in [-0.4, -0.2) is 44.5 Å². The van der Waals surface area contributed by atoms with Crippen LogP contribution in [0.2, 0.25) is 0 Å². The Morgan fingerprint density at radius 3 is 2.45 bits per heavy atom. The number of rotatable bonds is 6. The van der Waals surface area contributed by atoms with E-state index in [9.17, 15) is 18.3 Å². The first-order valence-corrected chi connectivity index (χ1v) is 12.1. The molecule has 3 atom stereocenters.